The summed E-state index contributed by atoms with van der Waals surface area (Å²) in [6, 6.07) is 7.34. The summed E-state index contributed by atoms with van der Waals surface area (Å²) in [5, 5.41) is 14.5. The zero-order valence-electron chi connectivity index (χ0n) is 8.90. The maximum atomic E-state index is 9.48. The van der Waals surface area contributed by atoms with Crippen molar-refractivity contribution in [2.75, 3.05) is 0 Å². The Labute approximate surface area is 106 Å². The Balaban J connectivity index is 2.29. The van der Waals surface area contributed by atoms with Gasteiger partial charge in [0.1, 0.15) is 16.5 Å². The number of benzene rings is 1. The first-order valence-corrected chi connectivity index (χ1v) is 6.20. The van der Waals surface area contributed by atoms with Crippen molar-refractivity contribution in [3.63, 3.8) is 0 Å². The van der Waals surface area contributed by atoms with Crippen molar-refractivity contribution in [1.29, 1.82) is 0 Å². The zero-order chi connectivity index (χ0) is 12.0. The monoisotopic (exact) mass is 265 g/mol. The molecule has 0 unspecified atom stereocenters. The van der Waals surface area contributed by atoms with Crippen LogP contribution in [0.3, 0.4) is 0 Å². The molecule has 1 N–H and O–H groups in total. The maximum Gasteiger partial charge on any atom is 0.189 e. The summed E-state index contributed by atoms with van der Waals surface area (Å²) in [7, 11) is 0. The SMILES string of the molecule is Cc1ccc(-c2noc3c(Cl)c(O)ccc23)s1. The number of aromatic nitrogens is 1. The summed E-state index contributed by atoms with van der Waals surface area (Å²) in [5.74, 6) is 0.00391. The molecule has 0 aliphatic rings. The van der Waals surface area contributed by atoms with Gasteiger partial charge in [0, 0.05) is 4.88 Å². The highest BCUT2D eigenvalue weighted by atomic mass is 35.5. The van der Waals surface area contributed by atoms with Gasteiger partial charge in [-0.05, 0) is 31.2 Å². The molecule has 0 radical (unpaired) electrons. The quantitative estimate of drug-likeness (QED) is 0.716. The van der Waals surface area contributed by atoms with Crippen molar-refractivity contribution in [1.82, 2.24) is 5.16 Å². The smallest absolute Gasteiger partial charge is 0.189 e. The fourth-order valence-corrected chi connectivity index (χ4v) is 2.76. The Morgan fingerprint density at radius 2 is 2.12 bits per heavy atom. The highest BCUT2D eigenvalue weighted by molar-refractivity contribution is 7.15. The van der Waals surface area contributed by atoms with E-state index in [1.807, 2.05) is 19.1 Å². The van der Waals surface area contributed by atoms with Gasteiger partial charge in [-0.2, -0.15) is 0 Å². The lowest BCUT2D eigenvalue weighted by Gasteiger charge is -1.95. The van der Waals surface area contributed by atoms with E-state index >= 15 is 0 Å². The summed E-state index contributed by atoms with van der Waals surface area (Å²) in [4.78, 5) is 2.24. The van der Waals surface area contributed by atoms with Crippen molar-refractivity contribution in [3.8, 4) is 16.3 Å². The Kier molecular flexibility index (Phi) is 2.34. The Bertz CT molecular complexity index is 702. The number of nitrogens with zero attached hydrogens (tertiary/aromatic N) is 1. The van der Waals surface area contributed by atoms with Crippen molar-refractivity contribution < 1.29 is 9.63 Å². The van der Waals surface area contributed by atoms with E-state index in [9.17, 15) is 5.11 Å². The Morgan fingerprint density at radius 3 is 2.82 bits per heavy atom. The van der Waals surface area contributed by atoms with Gasteiger partial charge in [-0.15, -0.1) is 11.3 Å². The largest absolute Gasteiger partial charge is 0.506 e. The highest BCUT2D eigenvalue weighted by Crippen LogP contribution is 2.38. The van der Waals surface area contributed by atoms with E-state index in [0.717, 1.165) is 16.0 Å². The van der Waals surface area contributed by atoms with E-state index < -0.39 is 0 Å². The molecule has 3 nitrogen and oxygen atoms in total. The first-order chi connectivity index (χ1) is 8.16. The number of thiophene rings is 1. The van der Waals surface area contributed by atoms with Gasteiger partial charge < -0.3 is 9.63 Å². The molecule has 3 rings (SSSR count). The number of aryl methyl sites for hydroxylation is 1. The molecular weight excluding hydrogens is 258 g/mol. The number of halogens is 1. The van der Waals surface area contributed by atoms with Gasteiger partial charge in [-0.3, -0.25) is 0 Å². The molecule has 5 heteroatoms. The molecule has 0 spiro atoms. The molecule has 86 valence electrons. The van der Waals surface area contributed by atoms with Gasteiger partial charge >= 0.3 is 0 Å². The topological polar surface area (TPSA) is 46.3 Å². The fraction of sp³-hybridized carbons (Fsp3) is 0.0833. The molecule has 0 saturated heterocycles. The van der Waals surface area contributed by atoms with Crippen molar-refractivity contribution in [2.24, 2.45) is 0 Å². The van der Waals surface area contributed by atoms with E-state index in [2.05, 4.69) is 5.16 Å². The van der Waals surface area contributed by atoms with E-state index in [0.29, 0.717) is 5.58 Å². The summed E-state index contributed by atoms with van der Waals surface area (Å²) in [6.45, 7) is 2.04. The third kappa shape index (κ3) is 1.61. The average Bonchev–Trinajstić information content (AvgIpc) is 2.89. The first-order valence-electron chi connectivity index (χ1n) is 5.00. The molecule has 0 saturated carbocycles. The summed E-state index contributed by atoms with van der Waals surface area (Å²) in [5.41, 5.74) is 1.19. The summed E-state index contributed by atoms with van der Waals surface area (Å²) >= 11 is 7.59. The second-order valence-electron chi connectivity index (χ2n) is 3.72. The highest BCUT2D eigenvalue weighted by Gasteiger charge is 2.16. The van der Waals surface area contributed by atoms with Gasteiger partial charge in [0.2, 0.25) is 0 Å². The van der Waals surface area contributed by atoms with E-state index in [-0.39, 0.29) is 10.8 Å². The van der Waals surface area contributed by atoms with Crippen LogP contribution in [-0.2, 0) is 0 Å². The van der Waals surface area contributed by atoms with Gasteiger partial charge in [-0.25, -0.2) is 0 Å². The van der Waals surface area contributed by atoms with E-state index in [1.54, 1.807) is 23.5 Å². The number of hydrogen-bond acceptors (Lipinski definition) is 4. The molecule has 0 aliphatic heterocycles. The van der Waals surface area contributed by atoms with Crippen LogP contribution < -0.4 is 0 Å². The van der Waals surface area contributed by atoms with E-state index in [1.165, 1.54) is 4.88 Å². The molecule has 17 heavy (non-hydrogen) atoms. The lowest BCUT2D eigenvalue weighted by atomic mass is 10.2. The first kappa shape index (κ1) is 10.6. The predicted molar refractivity (Wildman–Crippen MR) is 68.7 cm³/mol. The minimum Gasteiger partial charge on any atom is -0.506 e. The maximum absolute atomic E-state index is 9.48. The molecule has 0 amide bonds. The number of hydrogen-bond donors (Lipinski definition) is 1. The molecule has 0 atom stereocenters. The number of rotatable bonds is 1. The average molecular weight is 266 g/mol. The molecule has 2 aromatic heterocycles. The molecular formula is C12H8ClNO2S. The number of phenolic OH excluding ortho intramolecular Hbond substituents is 1. The summed E-state index contributed by atoms with van der Waals surface area (Å²) < 4.78 is 5.19. The molecule has 0 bridgehead atoms. The third-order valence-corrected chi connectivity index (χ3v) is 3.91. The van der Waals surface area contributed by atoms with Crippen molar-refractivity contribution >= 4 is 33.9 Å². The van der Waals surface area contributed by atoms with Crippen LogP contribution in [0.15, 0.2) is 28.8 Å². The minimum absolute atomic E-state index is 0.00391. The van der Waals surface area contributed by atoms with Crippen LogP contribution in [-0.4, -0.2) is 10.3 Å². The van der Waals surface area contributed by atoms with Crippen molar-refractivity contribution in [3.05, 3.63) is 34.2 Å². The van der Waals surface area contributed by atoms with Gasteiger partial charge in [0.25, 0.3) is 0 Å². The number of fused-ring (bicyclic) bond motifs is 1. The van der Waals surface area contributed by atoms with Crippen molar-refractivity contribution in [2.45, 2.75) is 6.92 Å². The van der Waals surface area contributed by atoms with Crippen LogP contribution in [0.1, 0.15) is 4.88 Å². The second kappa shape index (κ2) is 3.75. The fourth-order valence-electron chi connectivity index (χ4n) is 1.70. The molecule has 0 fully saturated rings. The van der Waals surface area contributed by atoms with E-state index in [4.69, 9.17) is 16.1 Å². The number of phenols is 1. The molecule has 1 aromatic carbocycles. The van der Waals surface area contributed by atoms with Crippen LogP contribution in [0, 0.1) is 6.92 Å². The molecule has 2 heterocycles. The Hall–Kier alpha value is -1.52. The third-order valence-electron chi connectivity index (χ3n) is 2.53. The lowest BCUT2D eigenvalue weighted by molar-refractivity contribution is 0.451. The number of aromatic hydroxyl groups is 1. The van der Waals surface area contributed by atoms with Gasteiger partial charge in [-0.1, -0.05) is 16.8 Å². The summed E-state index contributed by atoms with van der Waals surface area (Å²) in [6.07, 6.45) is 0. The standard InChI is InChI=1S/C12H8ClNO2S/c1-6-2-5-9(17-6)11-7-3-4-8(15)10(13)12(7)16-14-11/h2-5,15H,1H3. The molecule has 0 aliphatic carbocycles. The molecule has 3 aromatic rings. The minimum atomic E-state index is 0.00391. The second-order valence-corrected chi connectivity index (χ2v) is 5.38. The van der Waals surface area contributed by atoms with Gasteiger partial charge in [0.15, 0.2) is 5.58 Å². The lowest BCUT2D eigenvalue weighted by Crippen LogP contribution is -1.73. The van der Waals surface area contributed by atoms with Gasteiger partial charge in [0.05, 0.1) is 10.3 Å². The van der Waals surface area contributed by atoms with Crippen LogP contribution in [0.5, 0.6) is 5.75 Å². The van der Waals surface area contributed by atoms with Crippen LogP contribution in [0.4, 0.5) is 0 Å². The van der Waals surface area contributed by atoms with Crippen LogP contribution in [0.2, 0.25) is 5.02 Å². The normalized spacial score (nSPS) is 11.2. The predicted octanol–water partition coefficient (Wildman–Crippen LogP) is 4.22. The van der Waals surface area contributed by atoms with Crippen LogP contribution in [0.25, 0.3) is 21.5 Å². The van der Waals surface area contributed by atoms with Crippen LogP contribution >= 0.6 is 22.9 Å². The zero-order valence-corrected chi connectivity index (χ0v) is 10.5. The Morgan fingerprint density at radius 1 is 1.29 bits per heavy atom.